The van der Waals surface area contributed by atoms with Crippen LogP contribution in [0.4, 0.5) is 5.69 Å². The van der Waals surface area contributed by atoms with Gasteiger partial charge in [-0.05, 0) is 50.0 Å². The number of nitrogens with one attached hydrogen (secondary N) is 1. The molecule has 1 fully saturated rings. The molecule has 0 radical (unpaired) electrons. The lowest BCUT2D eigenvalue weighted by atomic mass is 10.1. The van der Waals surface area contributed by atoms with Crippen molar-refractivity contribution in [2.75, 3.05) is 18.4 Å². The standard InChI is InChI=1S/C17H27N3O/c1-2-16(18)17(21)19-15-9-7-14(8-10-15)13-20-11-5-3-4-6-12-20/h7-10,16H,2-6,11-13,18H2,1H3,(H,19,21)/t16-/m0/s1. The van der Waals surface area contributed by atoms with Crippen molar-refractivity contribution in [2.45, 2.75) is 51.6 Å². The Labute approximate surface area is 127 Å². The Morgan fingerprint density at radius 1 is 1.19 bits per heavy atom. The molecule has 0 saturated carbocycles. The van der Waals surface area contributed by atoms with Crippen LogP contribution < -0.4 is 11.1 Å². The molecular weight excluding hydrogens is 262 g/mol. The zero-order valence-corrected chi connectivity index (χ0v) is 13.0. The van der Waals surface area contributed by atoms with Crippen LogP contribution in [0.15, 0.2) is 24.3 Å². The number of anilines is 1. The van der Waals surface area contributed by atoms with E-state index < -0.39 is 6.04 Å². The SMILES string of the molecule is CC[C@H](N)C(=O)Nc1ccc(CN2CCCCCC2)cc1. The van der Waals surface area contributed by atoms with Gasteiger partial charge in [0.05, 0.1) is 6.04 Å². The number of hydrogen-bond donors (Lipinski definition) is 2. The average molecular weight is 289 g/mol. The molecule has 0 aliphatic carbocycles. The summed E-state index contributed by atoms with van der Waals surface area (Å²) in [5.74, 6) is -0.113. The Balaban J connectivity index is 1.87. The maximum absolute atomic E-state index is 11.7. The van der Waals surface area contributed by atoms with Crippen LogP contribution in [-0.2, 0) is 11.3 Å². The molecule has 116 valence electrons. The summed E-state index contributed by atoms with van der Waals surface area (Å²) in [6.07, 6.45) is 5.99. The minimum atomic E-state index is -0.429. The Bertz CT molecular complexity index is 436. The molecule has 3 N–H and O–H groups in total. The highest BCUT2D eigenvalue weighted by molar-refractivity contribution is 5.94. The molecule has 1 aromatic carbocycles. The molecule has 1 atom stereocenters. The van der Waals surface area contributed by atoms with Crippen molar-refractivity contribution in [3.8, 4) is 0 Å². The van der Waals surface area contributed by atoms with Crippen molar-refractivity contribution in [1.82, 2.24) is 4.90 Å². The number of rotatable bonds is 5. The predicted molar refractivity (Wildman–Crippen MR) is 87.1 cm³/mol. The number of carbonyl (C=O) groups excluding carboxylic acids is 1. The van der Waals surface area contributed by atoms with Gasteiger partial charge in [-0.3, -0.25) is 9.69 Å². The fraction of sp³-hybridized carbons (Fsp3) is 0.588. The minimum Gasteiger partial charge on any atom is -0.325 e. The van der Waals surface area contributed by atoms with Gasteiger partial charge < -0.3 is 11.1 Å². The highest BCUT2D eigenvalue weighted by Crippen LogP contribution is 2.15. The molecule has 0 aromatic heterocycles. The second kappa shape index (κ2) is 8.15. The third-order valence-electron chi connectivity index (χ3n) is 4.10. The van der Waals surface area contributed by atoms with Crippen LogP contribution in [0.5, 0.6) is 0 Å². The van der Waals surface area contributed by atoms with Crippen LogP contribution in [0.1, 0.15) is 44.6 Å². The molecule has 0 bridgehead atoms. The van der Waals surface area contributed by atoms with Crippen LogP contribution in [-0.4, -0.2) is 29.9 Å². The van der Waals surface area contributed by atoms with Gasteiger partial charge in [0.25, 0.3) is 0 Å². The van der Waals surface area contributed by atoms with Gasteiger partial charge in [0.1, 0.15) is 0 Å². The Hall–Kier alpha value is -1.39. The van der Waals surface area contributed by atoms with Crippen molar-refractivity contribution in [3.63, 3.8) is 0 Å². The Kier molecular flexibility index (Phi) is 6.21. The van der Waals surface area contributed by atoms with Crippen LogP contribution in [0, 0.1) is 0 Å². The number of nitrogens with zero attached hydrogens (tertiary/aromatic N) is 1. The predicted octanol–water partition coefficient (Wildman–Crippen LogP) is 2.74. The quantitative estimate of drug-likeness (QED) is 0.876. The molecule has 0 unspecified atom stereocenters. The van der Waals surface area contributed by atoms with Crippen molar-refractivity contribution < 1.29 is 4.79 Å². The first-order chi connectivity index (χ1) is 10.2. The summed E-state index contributed by atoms with van der Waals surface area (Å²) in [5, 5.41) is 2.86. The first kappa shape index (κ1) is 16.0. The Morgan fingerprint density at radius 2 is 1.81 bits per heavy atom. The molecule has 2 rings (SSSR count). The van der Waals surface area contributed by atoms with E-state index in [2.05, 4.69) is 22.3 Å². The summed E-state index contributed by atoms with van der Waals surface area (Å²) in [6.45, 7) is 5.31. The van der Waals surface area contributed by atoms with Crippen LogP contribution in [0.25, 0.3) is 0 Å². The van der Waals surface area contributed by atoms with Crippen LogP contribution in [0.2, 0.25) is 0 Å². The van der Waals surface area contributed by atoms with Gasteiger partial charge in [0, 0.05) is 12.2 Å². The van der Waals surface area contributed by atoms with Gasteiger partial charge >= 0.3 is 0 Å². The van der Waals surface area contributed by atoms with Crippen LogP contribution in [0.3, 0.4) is 0 Å². The molecule has 4 nitrogen and oxygen atoms in total. The number of carbonyl (C=O) groups is 1. The van der Waals surface area contributed by atoms with E-state index in [1.807, 2.05) is 19.1 Å². The zero-order chi connectivity index (χ0) is 15.1. The van der Waals surface area contributed by atoms with E-state index in [9.17, 15) is 4.79 Å². The monoisotopic (exact) mass is 289 g/mol. The van der Waals surface area contributed by atoms with E-state index in [1.54, 1.807) is 0 Å². The zero-order valence-electron chi connectivity index (χ0n) is 13.0. The second-order valence-corrected chi connectivity index (χ2v) is 5.89. The lowest BCUT2D eigenvalue weighted by Crippen LogP contribution is -2.34. The highest BCUT2D eigenvalue weighted by atomic mass is 16.2. The van der Waals surface area contributed by atoms with Gasteiger partial charge in [-0.2, -0.15) is 0 Å². The molecule has 0 spiro atoms. The number of hydrogen-bond acceptors (Lipinski definition) is 3. The third-order valence-corrected chi connectivity index (χ3v) is 4.10. The topological polar surface area (TPSA) is 58.4 Å². The maximum atomic E-state index is 11.7. The van der Waals surface area contributed by atoms with Crippen molar-refractivity contribution in [3.05, 3.63) is 29.8 Å². The fourth-order valence-corrected chi connectivity index (χ4v) is 2.67. The molecule has 21 heavy (non-hydrogen) atoms. The summed E-state index contributed by atoms with van der Waals surface area (Å²) in [7, 11) is 0. The summed E-state index contributed by atoms with van der Waals surface area (Å²) >= 11 is 0. The van der Waals surface area contributed by atoms with Crippen molar-refractivity contribution in [2.24, 2.45) is 5.73 Å². The van der Waals surface area contributed by atoms with E-state index in [4.69, 9.17) is 5.73 Å². The lowest BCUT2D eigenvalue weighted by molar-refractivity contribution is -0.117. The molecule has 1 aliphatic heterocycles. The summed E-state index contributed by atoms with van der Waals surface area (Å²) in [4.78, 5) is 14.3. The molecule has 1 aliphatic rings. The maximum Gasteiger partial charge on any atom is 0.241 e. The van der Waals surface area contributed by atoms with Gasteiger partial charge in [0.2, 0.25) is 5.91 Å². The number of nitrogens with two attached hydrogens (primary N) is 1. The van der Waals surface area contributed by atoms with E-state index in [0.717, 1.165) is 12.2 Å². The minimum absolute atomic E-state index is 0.113. The summed E-state index contributed by atoms with van der Waals surface area (Å²) < 4.78 is 0. The van der Waals surface area contributed by atoms with E-state index in [-0.39, 0.29) is 5.91 Å². The first-order valence-electron chi connectivity index (χ1n) is 8.07. The van der Waals surface area contributed by atoms with Crippen LogP contribution >= 0.6 is 0 Å². The number of benzene rings is 1. The molecule has 1 heterocycles. The van der Waals surface area contributed by atoms with E-state index in [1.165, 1.54) is 44.3 Å². The third kappa shape index (κ3) is 5.14. The van der Waals surface area contributed by atoms with Gasteiger partial charge in [-0.1, -0.05) is 31.9 Å². The molecule has 1 saturated heterocycles. The normalized spacial score (nSPS) is 18.0. The number of amides is 1. The van der Waals surface area contributed by atoms with Crippen molar-refractivity contribution in [1.29, 1.82) is 0 Å². The van der Waals surface area contributed by atoms with Gasteiger partial charge in [-0.25, -0.2) is 0 Å². The molecule has 1 amide bonds. The summed E-state index contributed by atoms with van der Waals surface area (Å²) in [5.41, 5.74) is 7.84. The van der Waals surface area contributed by atoms with E-state index in [0.29, 0.717) is 6.42 Å². The van der Waals surface area contributed by atoms with Crippen molar-refractivity contribution >= 4 is 11.6 Å². The molecule has 1 aromatic rings. The lowest BCUT2D eigenvalue weighted by Gasteiger charge is -2.20. The molecule has 4 heteroatoms. The van der Waals surface area contributed by atoms with E-state index >= 15 is 0 Å². The Morgan fingerprint density at radius 3 is 2.38 bits per heavy atom. The first-order valence-corrected chi connectivity index (χ1v) is 8.07. The van der Waals surface area contributed by atoms with Gasteiger partial charge in [0.15, 0.2) is 0 Å². The number of likely N-dealkylation sites (tertiary alicyclic amines) is 1. The fourth-order valence-electron chi connectivity index (χ4n) is 2.67. The van der Waals surface area contributed by atoms with Gasteiger partial charge in [-0.15, -0.1) is 0 Å². The molecular formula is C17H27N3O. The smallest absolute Gasteiger partial charge is 0.241 e. The second-order valence-electron chi connectivity index (χ2n) is 5.89. The highest BCUT2D eigenvalue weighted by Gasteiger charge is 2.12. The summed E-state index contributed by atoms with van der Waals surface area (Å²) in [6, 6.07) is 7.69. The average Bonchev–Trinajstić information content (AvgIpc) is 2.77. The largest absolute Gasteiger partial charge is 0.325 e.